The van der Waals surface area contributed by atoms with Gasteiger partial charge >= 0.3 is 0 Å². The minimum absolute atomic E-state index is 0.0753. The maximum Gasteiger partial charge on any atom is 0.237 e. The van der Waals surface area contributed by atoms with Gasteiger partial charge in [0.2, 0.25) is 11.8 Å². The predicted octanol–water partition coefficient (Wildman–Crippen LogP) is 1.35. The van der Waals surface area contributed by atoms with E-state index < -0.39 is 5.92 Å². The standard InChI is InChI=1S/C13H23N3O2/c1-4-6-11(9-14)13(18)15-8-7-12(17)16-10(3)5-2/h10-11H,4-8H2,1-3H3,(H,15,18)(H,16,17). The minimum atomic E-state index is -0.604. The first kappa shape index (κ1) is 16.4. The molecular formula is C13H23N3O2. The number of nitriles is 1. The first-order chi connectivity index (χ1) is 8.54. The lowest BCUT2D eigenvalue weighted by Gasteiger charge is -2.12. The molecule has 0 aromatic heterocycles. The Morgan fingerprint density at radius 2 is 2.00 bits per heavy atom. The summed E-state index contributed by atoms with van der Waals surface area (Å²) in [5, 5.41) is 14.2. The number of carbonyl (C=O) groups is 2. The van der Waals surface area contributed by atoms with Crippen LogP contribution >= 0.6 is 0 Å². The summed E-state index contributed by atoms with van der Waals surface area (Å²) in [5.41, 5.74) is 0. The van der Waals surface area contributed by atoms with Gasteiger partial charge in [0.15, 0.2) is 0 Å². The second-order valence-electron chi connectivity index (χ2n) is 4.39. The molecule has 0 aromatic rings. The molecule has 0 aliphatic rings. The van der Waals surface area contributed by atoms with Crippen molar-refractivity contribution in [2.75, 3.05) is 6.54 Å². The molecule has 0 heterocycles. The maximum atomic E-state index is 11.6. The van der Waals surface area contributed by atoms with Crippen molar-refractivity contribution in [3.63, 3.8) is 0 Å². The molecule has 5 heteroatoms. The van der Waals surface area contributed by atoms with E-state index in [4.69, 9.17) is 5.26 Å². The zero-order valence-electron chi connectivity index (χ0n) is 11.5. The van der Waals surface area contributed by atoms with Gasteiger partial charge in [-0.25, -0.2) is 0 Å². The van der Waals surface area contributed by atoms with Crippen molar-refractivity contribution >= 4 is 11.8 Å². The monoisotopic (exact) mass is 253 g/mol. The Kier molecular flexibility index (Phi) is 8.63. The number of nitrogens with zero attached hydrogens (tertiary/aromatic N) is 1. The molecule has 2 atom stereocenters. The third kappa shape index (κ3) is 6.89. The molecule has 2 N–H and O–H groups in total. The summed E-state index contributed by atoms with van der Waals surface area (Å²) in [6.45, 7) is 6.14. The van der Waals surface area contributed by atoms with Crippen molar-refractivity contribution in [2.24, 2.45) is 5.92 Å². The van der Waals surface area contributed by atoms with E-state index in [1.54, 1.807) is 0 Å². The van der Waals surface area contributed by atoms with Gasteiger partial charge in [-0.05, 0) is 19.8 Å². The Labute approximate surface area is 109 Å². The number of carbonyl (C=O) groups excluding carboxylic acids is 2. The van der Waals surface area contributed by atoms with Crippen molar-refractivity contribution in [1.82, 2.24) is 10.6 Å². The molecule has 0 aliphatic heterocycles. The van der Waals surface area contributed by atoms with Gasteiger partial charge in [-0.15, -0.1) is 0 Å². The van der Waals surface area contributed by atoms with Gasteiger partial charge in [-0.3, -0.25) is 9.59 Å². The van der Waals surface area contributed by atoms with Gasteiger partial charge in [0.25, 0.3) is 0 Å². The highest BCUT2D eigenvalue weighted by Gasteiger charge is 2.16. The smallest absolute Gasteiger partial charge is 0.237 e. The predicted molar refractivity (Wildman–Crippen MR) is 69.5 cm³/mol. The Balaban J connectivity index is 3.87. The fourth-order valence-corrected chi connectivity index (χ4v) is 1.41. The molecule has 0 aliphatic carbocycles. The Morgan fingerprint density at radius 3 is 2.50 bits per heavy atom. The van der Waals surface area contributed by atoms with E-state index in [-0.39, 0.29) is 30.8 Å². The normalized spacial score (nSPS) is 13.2. The summed E-state index contributed by atoms with van der Waals surface area (Å²) >= 11 is 0. The molecule has 0 spiro atoms. The molecule has 18 heavy (non-hydrogen) atoms. The quantitative estimate of drug-likeness (QED) is 0.685. The lowest BCUT2D eigenvalue weighted by atomic mass is 10.1. The zero-order chi connectivity index (χ0) is 14.0. The second-order valence-corrected chi connectivity index (χ2v) is 4.39. The van der Waals surface area contributed by atoms with Crippen molar-refractivity contribution in [3.05, 3.63) is 0 Å². The molecule has 0 saturated heterocycles. The molecule has 0 aromatic carbocycles. The van der Waals surface area contributed by atoms with Crippen LogP contribution in [0.2, 0.25) is 0 Å². The van der Waals surface area contributed by atoms with Gasteiger partial charge in [0.1, 0.15) is 5.92 Å². The van der Waals surface area contributed by atoms with Crippen LogP contribution in [0.25, 0.3) is 0 Å². The fourth-order valence-electron chi connectivity index (χ4n) is 1.41. The molecule has 0 radical (unpaired) electrons. The summed E-state index contributed by atoms with van der Waals surface area (Å²) < 4.78 is 0. The third-order valence-electron chi connectivity index (χ3n) is 2.72. The van der Waals surface area contributed by atoms with Crippen molar-refractivity contribution in [3.8, 4) is 6.07 Å². The molecular weight excluding hydrogens is 230 g/mol. The van der Waals surface area contributed by atoms with Gasteiger partial charge < -0.3 is 10.6 Å². The zero-order valence-corrected chi connectivity index (χ0v) is 11.5. The maximum absolute atomic E-state index is 11.6. The molecule has 0 fully saturated rings. The first-order valence-corrected chi connectivity index (χ1v) is 6.51. The Morgan fingerprint density at radius 1 is 1.33 bits per heavy atom. The topological polar surface area (TPSA) is 82.0 Å². The van der Waals surface area contributed by atoms with Gasteiger partial charge in [0.05, 0.1) is 6.07 Å². The molecule has 5 nitrogen and oxygen atoms in total. The Hall–Kier alpha value is -1.57. The molecule has 102 valence electrons. The van der Waals surface area contributed by atoms with Gasteiger partial charge in [0, 0.05) is 19.0 Å². The highest BCUT2D eigenvalue weighted by Crippen LogP contribution is 2.04. The van der Waals surface area contributed by atoms with Crippen LogP contribution in [0.15, 0.2) is 0 Å². The highest BCUT2D eigenvalue weighted by atomic mass is 16.2. The number of amides is 2. The van der Waals surface area contributed by atoms with Crippen LogP contribution in [0.1, 0.15) is 46.5 Å². The fraction of sp³-hybridized carbons (Fsp3) is 0.769. The van der Waals surface area contributed by atoms with E-state index in [9.17, 15) is 9.59 Å². The van der Waals surface area contributed by atoms with Gasteiger partial charge in [-0.1, -0.05) is 20.3 Å². The van der Waals surface area contributed by atoms with E-state index >= 15 is 0 Å². The van der Waals surface area contributed by atoms with Crippen LogP contribution in [0.4, 0.5) is 0 Å². The number of hydrogen-bond donors (Lipinski definition) is 2. The first-order valence-electron chi connectivity index (χ1n) is 6.51. The van der Waals surface area contributed by atoms with Crippen LogP contribution in [0, 0.1) is 17.2 Å². The average molecular weight is 253 g/mol. The number of nitrogens with one attached hydrogen (secondary N) is 2. The Bertz CT molecular complexity index is 310. The lowest BCUT2D eigenvalue weighted by Crippen LogP contribution is -2.36. The molecule has 2 amide bonds. The third-order valence-corrected chi connectivity index (χ3v) is 2.72. The average Bonchev–Trinajstić information content (AvgIpc) is 2.35. The van der Waals surface area contributed by atoms with E-state index in [0.717, 1.165) is 12.8 Å². The van der Waals surface area contributed by atoms with Crippen LogP contribution < -0.4 is 10.6 Å². The van der Waals surface area contributed by atoms with E-state index in [1.165, 1.54) is 0 Å². The molecule has 0 saturated carbocycles. The molecule has 0 rings (SSSR count). The van der Waals surface area contributed by atoms with Crippen molar-refractivity contribution in [2.45, 2.75) is 52.5 Å². The number of rotatable bonds is 8. The molecule has 2 unspecified atom stereocenters. The summed E-state index contributed by atoms with van der Waals surface area (Å²) in [6.07, 6.45) is 2.48. The lowest BCUT2D eigenvalue weighted by molar-refractivity contribution is -0.124. The van der Waals surface area contributed by atoms with E-state index in [1.807, 2.05) is 26.8 Å². The van der Waals surface area contributed by atoms with Crippen LogP contribution in [-0.4, -0.2) is 24.4 Å². The minimum Gasteiger partial charge on any atom is -0.354 e. The SMILES string of the molecule is CCCC(C#N)C(=O)NCCC(=O)NC(C)CC. The molecule has 0 bridgehead atoms. The van der Waals surface area contributed by atoms with E-state index in [0.29, 0.717) is 6.42 Å². The largest absolute Gasteiger partial charge is 0.354 e. The number of hydrogen-bond acceptors (Lipinski definition) is 3. The van der Waals surface area contributed by atoms with Crippen LogP contribution in [-0.2, 0) is 9.59 Å². The van der Waals surface area contributed by atoms with Crippen molar-refractivity contribution in [1.29, 1.82) is 5.26 Å². The van der Waals surface area contributed by atoms with Crippen LogP contribution in [0.3, 0.4) is 0 Å². The second kappa shape index (κ2) is 9.46. The summed E-state index contributed by atoms with van der Waals surface area (Å²) in [4.78, 5) is 23.0. The van der Waals surface area contributed by atoms with Crippen LogP contribution in [0.5, 0.6) is 0 Å². The van der Waals surface area contributed by atoms with E-state index in [2.05, 4.69) is 10.6 Å². The summed E-state index contributed by atoms with van der Waals surface area (Å²) in [5.74, 6) is -0.961. The van der Waals surface area contributed by atoms with Gasteiger partial charge in [-0.2, -0.15) is 5.26 Å². The highest BCUT2D eigenvalue weighted by molar-refractivity contribution is 5.82. The summed E-state index contributed by atoms with van der Waals surface area (Å²) in [7, 11) is 0. The van der Waals surface area contributed by atoms with Crippen molar-refractivity contribution < 1.29 is 9.59 Å². The summed E-state index contributed by atoms with van der Waals surface area (Å²) in [6, 6.07) is 2.12.